The van der Waals surface area contributed by atoms with E-state index in [1.165, 1.54) is 23.3 Å². The average molecular weight is 292 g/mol. The third kappa shape index (κ3) is 2.72. The molecule has 0 saturated heterocycles. The molecule has 2 rings (SSSR count). The lowest BCUT2D eigenvalue weighted by Gasteiger charge is -2.21. The molecule has 0 spiro atoms. The molecule has 20 heavy (non-hydrogen) atoms. The van der Waals surface area contributed by atoms with Crippen LogP contribution in [0.1, 0.15) is 43.2 Å². The summed E-state index contributed by atoms with van der Waals surface area (Å²) in [4.78, 5) is 13.4. The molecular formula is C15H20N2O2S. The predicted molar refractivity (Wildman–Crippen MR) is 79.9 cm³/mol. The van der Waals surface area contributed by atoms with Crippen LogP contribution in [0, 0.1) is 17.2 Å². The standard InChI is InChI=1S/C15H20N2O2S/c1-9-5-6-10-11(8-16)13(20-12(10)7-9)17-14(18)15(2,3)19-4/h9H,5-7H2,1-4H3,(H,17,18). The van der Waals surface area contributed by atoms with Crippen molar-refractivity contribution in [3.63, 3.8) is 0 Å². The molecule has 1 aromatic heterocycles. The van der Waals surface area contributed by atoms with Crippen molar-refractivity contribution in [2.75, 3.05) is 12.4 Å². The van der Waals surface area contributed by atoms with Gasteiger partial charge in [-0.2, -0.15) is 5.26 Å². The van der Waals surface area contributed by atoms with Crippen molar-refractivity contribution in [1.82, 2.24) is 0 Å². The fourth-order valence-corrected chi connectivity index (χ4v) is 3.66. The highest BCUT2D eigenvalue weighted by Crippen LogP contribution is 2.39. The molecule has 108 valence electrons. The van der Waals surface area contributed by atoms with Crippen LogP contribution in [0.5, 0.6) is 0 Å². The number of hydrogen-bond acceptors (Lipinski definition) is 4. The Morgan fingerprint density at radius 1 is 1.55 bits per heavy atom. The third-order valence-corrected chi connectivity index (χ3v) is 5.08. The minimum Gasteiger partial charge on any atom is -0.369 e. The van der Waals surface area contributed by atoms with Crippen molar-refractivity contribution in [3.05, 3.63) is 16.0 Å². The molecule has 1 N–H and O–H groups in total. The van der Waals surface area contributed by atoms with E-state index in [1.54, 1.807) is 13.8 Å². The van der Waals surface area contributed by atoms with Gasteiger partial charge in [0.05, 0.1) is 5.56 Å². The van der Waals surface area contributed by atoms with E-state index in [4.69, 9.17) is 4.74 Å². The largest absolute Gasteiger partial charge is 0.369 e. The third-order valence-electron chi connectivity index (χ3n) is 3.91. The van der Waals surface area contributed by atoms with Crippen molar-refractivity contribution >= 4 is 22.2 Å². The monoisotopic (exact) mass is 292 g/mol. The normalized spacial score (nSPS) is 18.2. The quantitative estimate of drug-likeness (QED) is 0.931. The van der Waals surface area contributed by atoms with Gasteiger partial charge in [-0.05, 0) is 44.6 Å². The van der Waals surface area contributed by atoms with Gasteiger partial charge < -0.3 is 10.1 Å². The first-order valence-electron chi connectivity index (χ1n) is 6.80. The summed E-state index contributed by atoms with van der Waals surface area (Å²) >= 11 is 1.54. The molecule has 1 amide bonds. The van der Waals surface area contributed by atoms with E-state index >= 15 is 0 Å². The molecular weight excluding hydrogens is 272 g/mol. The Kier molecular flexibility index (Phi) is 4.17. The molecule has 1 aliphatic rings. The first-order chi connectivity index (χ1) is 9.39. The lowest BCUT2D eigenvalue weighted by atomic mass is 9.88. The molecule has 5 heteroatoms. The molecule has 1 heterocycles. The molecule has 0 fully saturated rings. The van der Waals surface area contributed by atoms with E-state index in [2.05, 4.69) is 18.3 Å². The summed E-state index contributed by atoms with van der Waals surface area (Å²) in [5.74, 6) is 0.426. The number of nitriles is 1. The highest BCUT2D eigenvalue weighted by Gasteiger charge is 2.30. The van der Waals surface area contributed by atoms with Gasteiger partial charge in [0.25, 0.3) is 5.91 Å². The van der Waals surface area contributed by atoms with E-state index in [-0.39, 0.29) is 5.91 Å². The zero-order valence-electron chi connectivity index (χ0n) is 12.4. The van der Waals surface area contributed by atoms with Gasteiger partial charge in [0.2, 0.25) is 0 Å². The Balaban J connectivity index is 2.30. The number of rotatable bonds is 3. The van der Waals surface area contributed by atoms with E-state index in [0.717, 1.165) is 24.8 Å². The molecule has 1 atom stereocenters. The summed E-state index contributed by atoms with van der Waals surface area (Å²) in [6.07, 6.45) is 3.03. The molecule has 0 radical (unpaired) electrons. The highest BCUT2D eigenvalue weighted by atomic mass is 32.1. The first-order valence-corrected chi connectivity index (χ1v) is 7.62. The second-order valence-electron chi connectivity index (χ2n) is 5.84. The second-order valence-corrected chi connectivity index (χ2v) is 6.94. The fourth-order valence-electron chi connectivity index (χ4n) is 2.30. The molecule has 4 nitrogen and oxygen atoms in total. The van der Waals surface area contributed by atoms with Crippen molar-refractivity contribution in [3.8, 4) is 6.07 Å². The average Bonchev–Trinajstić information content (AvgIpc) is 2.74. The number of ether oxygens (including phenoxy) is 1. The van der Waals surface area contributed by atoms with Gasteiger partial charge in [0.1, 0.15) is 16.7 Å². The van der Waals surface area contributed by atoms with Gasteiger partial charge in [-0.15, -0.1) is 11.3 Å². The number of carbonyl (C=O) groups is 1. The maximum absolute atomic E-state index is 12.2. The maximum Gasteiger partial charge on any atom is 0.256 e. The fraction of sp³-hybridized carbons (Fsp3) is 0.600. The predicted octanol–water partition coefficient (Wildman–Crippen LogP) is 3.11. The van der Waals surface area contributed by atoms with Crippen LogP contribution < -0.4 is 5.32 Å². The van der Waals surface area contributed by atoms with Gasteiger partial charge in [-0.1, -0.05) is 6.92 Å². The Hall–Kier alpha value is -1.38. The zero-order valence-corrected chi connectivity index (χ0v) is 13.2. The van der Waals surface area contributed by atoms with Gasteiger partial charge >= 0.3 is 0 Å². The number of thiophene rings is 1. The van der Waals surface area contributed by atoms with Crippen LogP contribution >= 0.6 is 11.3 Å². The summed E-state index contributed by atoms with van der Waals surface area (Å²) in [6, 6.07) is 2.25. The summed E-state index contributed by atoms with van der Waals surface area (Å²) in [6.45, 7) is 5.65. The van der Waals surface area contributed by atoms with Crippen molar-refractivity contribution in [2.45, 2.75) is 45.6 Å². The lowest BCUT2D eigenvalue weighted by molar-refractivity contribution is -0.133. The highest BCUT2D eigenvalue weighted by molar-refractivity contribution is 7.16. The number of hydrogen-bond donors (Lipinski definition) is 1. The Labute approximate surface area is 123 Å². The number of nitrogens with one attached hydrogen (secondary N) is 1. The maximum atomic E-state index is 12.2. The molecule has 0 aliphatic heterocycles. The molecule has 1 unspecified atom stereocenters. The van der Waals surface area contributed by atoms with Gasteiger partial charge in [-0.3, -0.25) is 4.79 Å². The Morgan fingerprint density at radius 2 is 2.25 bits per heavy atom. The topological polar surface area (TPSA) is 62.1 Å². The Bertz CT molecular complexity index is 569. The molecule has 0 aromatic carbocycles. The summed E-state index contributed by atoms with van der Waals surface area (Å²) in [5, 5.41) is 12.9. The van der Waals surface area contributed by atoms with E-state index in [9.17, 15) is 10.1 Å². The van der Waals surface area contributed by atoms with Gasteiger partial charge in [0, 0.05) is 12.0 Å². The van der Waals surface area contributed by atoms with Gasteiger partial charge in [0.15, 0.2) is 0 Å². The van der Waals surface area contributed by atoms with Crippen LogP contribution in [0.25, 0.3) is 0 Å². The number of amides is 1. The summed E-state index contributed by atoms with van der Waals surface area (Å²) in [5.41, 5.74) is 0.864. The number of anilines is 1. The lowest BCUT2D eigenvalue weighted by Crippen LogP contribution is -2.38. The molecule has 1 aromatic rings. The van der Waals surface area contributed by atoms with E-state index in [1.807, 2.05) is 0 Å². The zero-order chi connectivity index (χ0) is 14.9. The van der Waals surface area contributed by atoms with Crippen LogP contribution in [0.2, 0.25) is 0 Å². The van der Waals surface area contributed by atoms with Gasteiger partial charge in [-0.25, -0.2) is 0 Å². The van der Waals surface area contributed by atoms with Crippen molar-refractivity contribution in [1.29, 1.82) is 5.26 Å². The summed E-state index contributed by atoms with van der Waals surface area (Å²) < 4.78 is 5.17. The van der Waals surface area contributed by atoms with E-state index < -0.39 is 5.60 Å². The number of methoxy groups -OCH3 is 1. The Morgan fingerprint density at radius 3 is 2.85 bits per heavy atom. The second kappa shape index (κ2) is 5.55. The number of nitrogens with zero attached hydrogens (tertiary/aromatic N) is 1. The summed E-state index contributed by atoms with van der Waals surface area (Å²) in [7, 11) is 1.51. The van der Waals surface area contributed by atoms with Crippen LogP contribution in [0.4, 0.5) is 5.00 Å². The number of fused-ring (bicyclic) bond motifs is 1. The van der Waals surface area contributed by atoms with Crippen molar-refractivity contribution < 1.29 is 9.53 Å². The number of carbonyl (C=O) groups excluding carboxylic acids is 1. The molecule has 0 saturated carbocycles. The van der Waals surface area contributed by atoms with Crippen LogP contribution in [0.3, 0.4) is 0 Å². The SMILES string of the molecule is COC(C)(C)C(=O)Nc1sc2c(c1C#N)CCC(C)C2. The molecule has 1 aliphatic carbocycles. The van der Waals surface area contributed by atoms with Crippen molar-refractivity contribution in [2.24, 2.45) is 5.92 Å². The smallest absolute Gasteiger partial charge is 0.256 e. The van der Waals surface area contributed by atoms with Crippen LogP contribution in [-0.2, 0) is 22.4 Å². The minimum absolute atomic E-state index is 0.219. The minimum atomic E-state index is -0.898. The molecule has 0 bridgehead atoms. The van der Waals surface area contributed by atoms with E-state index in [0.29, 0.717) is 16.5 Å². The first kappa shape index (κ1) is 15.0. The van der Waals surface area contributed by atoms with Crippen LogP contribution in [-0.4, -0.2) is 18.6 Å². The van der Waals surface area contributed by atoms with Crippen LogP contribution in [0.15, 0.2) is 0 Å².